The number of benzene rings is 3. The van der Waals surface area contributed by atoms with E-state index in [9.17, 15) is 5.11 Å². The van der Waals surface area contributed by atoms with Crippen molar-refractivity contribution in [3.8, 4) is 11.3 Å². The second kappa shape index (κ2) is 9.02. The molecule has 3 heteroatoms. The van der Waals surface area contributed by atoms with E-state index in [1.54, 1.807) is 0 Å². The molecule has 0 bridgehead atoms. The highest BCUT2D eigenvalue weighted by molar-refractivity contribution is 6.31. The minimum atomic E-state index is -1.07. The van der Waals surface area contributed by atoms with Crippen LogP contribution in [0.15, 0.2) is 78.4 Å². The maximum atomic E-state index is 12.6. The molecule has 4 aromatic rings. The lowest BCUT2D eigenvalue weighted by Crippen LogP contribution is -2.27. The number of aliphatic hydroxyl groups is 1. The van der Waals surface area contributed by atoms with Crippen molar-refractivity contribution in [2.75, 3.05) is 0 Å². The van der Waals surface area contributed by atoms with Gasteiger partial charge >= 0.3 is 0 Å². The SMILES string of the molecule is CCCC1=C(c2ccc(C)cc2)c2c(c(-c3ccccc3)nc3ccc(Cl)cc23)C1(O)CCC. The van der Waals surface area contributed by atoms with Gasteiger partial charge < -0.3 is 5.11 Å². The fourth-order valence-corrected chi connectivity index (χ4v) is 5.64. The van der Waals surface area contributed by atoms with Gasteiger partial charge in [-0.25, -0.2) is 4.98 Å². The Morgan fingerprint density at radius 3 is 2.29 bits per heavy atom. The molecule has 1 unspecified atom stereocenters. The van der Waals surface area contributed by atoms with Gasteiger partial charge in [0.05, 0.1) is 11.2 Å². The predicted molar refractivity (Wildman–Crippen MR) is 143 cm³/mol. The lowest BCUT2D eigenvalue weighted by molar-refractivity contribution is 0.0663. The lowest BCUT2D eigenvalue weighted by atomic mass is 9.81. The highest BCUT2D eigenvalue weighted by Gasteiger charge is 2.46. The summed E-state index contributed by atoms with van der Waals surface area (Å²) in [4.78, 5) is 5.13. The van der Waals surface area contributed by atoms with Crippen molar-refractivity contribution in [3.63, 3.8) is 0 Å². The Labute approximate surface area is 206 Å². The van der Waals surface area contributed by atoms with E-state index in [2.05, 4.69) is 57.2 Å². The van der Waals surface area contributed by atoms with Crippen LogP contribution >= 0.6 is 11.6 Å². The average molecular weight is 468 g/mol. The molecule has 1 aliphatic carbocycles. The largest absolute Gasteiger partial charge is 0.381 e. The van der Waals surface area contributed by atoms with E-state index >= 15 is 0 Å². The molecular formula is C31H30ClNO. The van der Waals surface area contributed by atoms with Crippen LogP contribution in [0.5, 0.6) is 0 Å². The summed E-state index contributed by atoms with van der Waals surface area (Å²) in [7, 11) is 0. The van der Waals surface area contributed by atoms with Gasteiger partial charge in [0.15, 0.2) is 0 Å². The van der Waals surface area contributed by atoms with E-state index in [0.717, 1.165) is 69.3 Å². The van der Waals surface area contributed by atoms with Crippen LogP contribution < -0.4 is 0 Å². The van der Waals surface area contributed by atoms with Crippen molar-refractivity contribution >= 4 is 28.1 Å². The van der Waals surface area contributed by atoms with Crippen LogP contribution in [0.25, 0.3) is 27.7 Å². The smallest absolute Gasteiger partial charge is 0.114 e. The van der Waals surface area contributed by atoms with Crippen molar-refractivity contribution in [3.05, 3.63) is 106 Å². The highest BCUT2D eigenvalue weighted by atomic mass is 35.5. The van der Waals surface area contributed by atoms with Crippen molar-refractivity contribution < 1.29 is 5.11 Å². The molecule has 1 aromatic heterocycles. The molecule has 0 fully saturated rings. The molecule has 34 heavy (non-hydrogen) atoms. The first-order valence-corrected chi connectivity index (χ1v) is 12.6. The first-order chi connectivity index (χ1) is 16.5. The van der Waals surface area contributed by atoms with Crippen LogP contribution in [0.2, 0.25) is 5.02 Å². The van der Waals surface area contributed by atoms with Crippen LogP contribution in [-0.2, 0) is 5.60 Å². The molecule has 0 amide bonds. The minimum Gasteiger partial charge on any atom is -0.381 e. The number of halogens is 1. The molecule has 0 spiro atoms. The molecule has 1 heterocycles. The third kappa shape index (κ3) is 3.66. The Morgan fingerprint density at radius 1 is 0.882 bits per heavy atom. The highest BCUT2D eigenvalue weighted by Crippen LogP contribution is 2.55. The van der Waals surface area contributed by atoms with Crippen LogP contribution in [0.3, 0.4) is 0 Å². The molecule has 172 valence electrons. The van der Waals surface area contributed by atoms with Crippen molar-refractivity contribution in [2.45, 2.75) is 52.1 Å². The van der Waals surface area contributed by atoms with Gasteiger partial charge in [0.25, 0.3) is 0 Å². The van der Waals surface area contributed by atoms with Crippen LogP contribution in [0, 0.1) is 6.92 Å². The van der Waals surface area contributed by atoms with E-state index < -0.39 is 5.60 Å². The average Bonchev–Trinajstić information content (AvgIpc) is 3.09. The molecule has 1 N–H and O–H groups in total. The zero-order valence-electron chi connectivity index (χ0n) is 20.0. The van der Waals surface area contributed by atoms with Gasteiger partial charge in [0.2, 0.25) is 0 Å². The zero-order valence-corrected chi connectivity index (χ0v) is 20.8. The first-order valence-electron chi connectivity index (χ1n) is 12.2. The normalized spacial score (nSPS) is 17.4. The number of aromatic nitrogens is 1. The van der Waals surface area contributed by atoms with Gasteiger partial charge in [0.1, 0.15) is 5.60 Å². The maximum Gasteiger partial charge on any atom is 0.114 e. The summed E-state index contributed by atoms with van der Waals surface area (Å²) in [6, 6.07) is 24.8. The third-order valence-electron chi connectivity index (χ3n) is 6.91. The second-order valence-corrected chi connectivity index (χ2v) is 9.75. The Morgan fingerprint density at radius 2 is 1.62 bits per heavy atom. The molecule has 1 atom stereocenters. The summed E-state index contributed by atoms with van der Waals surface area (Å²) in [5.41, 5.74) is 8.29. The molecule has 0 saturated heterocycles. The maximum absolute atomic E-state index is 12.6. The van der Waals surface area contributed by atoms with E-state index in [1.807, 2.05) is 36.4 Å². The van der Waals surface area contributed by atoms with Crippen molar-refractivity contribution in [1.29, 1.82) is 0 Å². The number of rotatable bonds is 6. The van der Waals surface area contributed by atoms with Gasteiger partial charge in [-0.2, -0.15) is 0 Å². The van der Waals surface area contributed by atoms with Crippen LogP contribution in [-0.4, -0.2) is 10.1 Å². The van der Waals surface area contributed by atoms with Gasteiger partial charge in [-0.05, 0) is 54.7 Å². The summed E-state index contributed by atoms with van der Waals surface area (Å²) in [6.07, 6.45) is 3.30. The number of pyridine rings is 1. The zero-order chi connectivity index (χ0) is 23.9. The lowest BCUT2D eigenvalue weighted by Gasteiger charge is -2.30. The molecule has 0 aliphatic heterocycles. The summed E-state index contributed by atoms with van der Waals surface area (Å²) in [5, 5.41) is 14.2. The summed E-state index contributed by atoms with van der Waals surface area (Å²) in [6.45, 7) is 6.42. The van der Waals surface area contributed by atoms with Gasteiger partial charge in [0, 0.05) is 27.1 Å². The number of fused-ring (bicyclic) bond motifs is 3. The third-order valence-corrected chi connectivity index (χ3v) is 7.15. The summed E-state index contributed by atoms with van der Waals surface area (Å²) < 4.78 is 0. The van der Waals surface area contributed by atoms with Gasteiger partial charge in [-0.1, -0.05) is 98.5 Å². The quantitative estimate of drug-likeness (QED) is 0.308. The van der Waals surface area contributed by atoms with Crippen molar-refractivity contribution in [1.82, 2.24) is 4.98 Å². The molecular weight excluding hydrogens is 438 g/mol. The Hall–Kier alpha value is -2.94. The van der Waals surface area contributed by atoms with Crippen molar-refractivity contribution in [2.24, 2.45) is 0 Å². The Balaban J connectivity index is 1.97. The number of aryl methyl sites for hydroxylation is 1. The fraction of sp³-hybridized carbons (Fsp3) is 0.258. The van der Waals surface area contributed by atoms with E-state index in [1.165, 1.54) is 5.56 Å². The molecule has 5 rings (SSSR count). The Bertz CT molecular complexity index is 1390. The standard InChI is InChI=1S/C31H30ClNO/c1-4-9-25-27(21-14-12-20(3)13-15-21)28-24-19-23(32)16-17-26(24)33-30(22-10-7-6-8-11-22)29(28)31(25,34)18-5-2/h6-8,10-17,19,34H,4-5,9,18H2,1-3H3. The monoisotopic (exact) mass is 467 g/mol. The molecule has 1 aliphatic rings. The summed E-state index contributed by atoms with van der Waals surface area (Å²) in [5.74, 6) is 0. The van der Waals surface area contributed by atoms with E-state index in [0.29, 0.717) is 11.4 Å². The molecule has 0 saturated carbocycles. The van der Waals surface area contributed by atoms with Gasteiger partial charge in [-0.15, -0.1) is 0 Å². The fourth-order valence-electron chi connectivity index (χ4n) is 5.47. The van der Waals surface area contributed by atoms with Gasteiger partial charge in [-0.3, -0.25) is 0 Å². The molecule has 0 radical (unpaired) electrons. The summed E-state index contributed by atoms with van der Waals surface area (Å²) >= 11 is 6.52. The molecule has 2 nitrogen and oxygen atoms in total. The number of hydrogen-bond acceptors (Lipinski definition) is 2. The second-order valence-electron chi connectivity index (χ2n) is 9.32. The predicted octanol–water partition coefficient (Wildman–Crippen LogP) is 8.47. The number of hydrogen-bond donors (Lipinski definition) is 1. The van der Waals surface area contributed by atoms with E-state index in [-0.39, 0.29) is 0 Å². The van der Waals surface area contributed by atoms with E-state index in [4.69, 9.17) is 16.6 Å². The first kappa shape index (κ1) is 22.8. The Kier molecular flexibility index (Phi) is 6.06. The molecule has 3 aromatic carbocycles. The number of nitrogens with zero attached hydrogens (tertiary/aromatic N) is 1. The topological polar surface area (TPSA) is 33.1 Å². The van der Waals surface area contributed by atoms with Crippen LogP contribution in [0.1, 0.15) is 61.8 Å². The van der Waals surface area contributed by atoms with Crippen LogP contribution in [0.4, 0.5) is 0 Å². The minimum absolute atomic E-state index is 0.651.